The van der Waals surface area contributed by atoms with Crippen LogP contribution in [-0.4, -0.2) is 6.61 Å². The Labute approximate surface area is 123 Å². The Balaban J connectivity index is 1.94. The van der Waals surface area contributed by atoms with Gasteiger partial charge < -0.3 is 10.5 Å². The molecule has 20 heavy (non-hydrogen) atoms. The molecule has 1 fully saturated rings. The largest absolute Gasteiger partial charge is 0.493 e. The molecule has 2 rings (SSSR count). The van der Waals surface area contributed by atoms with E-state index in [0.717, 1.165) is 12.4 Å². The Kier molecular flexibility index (Phi) is 5.90. The number of hydrogen-bond donors (Lipinski definition) is 1. The summed E-state index contributed by atoms with van der Waals surface area (Å²) < 4.78 is 5.73. The van der Waals surface area contributed by atoms with E-state index >= 15 is 0 Å². The fourth-order valence-corrected chi connectivity index (χ4v) is 2.99. The summed E-state index contributed by atoms with van der Waals surface area (Å²) in [6.45, 7) is 5.10. The van der Waals surface area contributed by atoms with Crippen molar-refractivity contribution in [2.75, 3.05) is 6.61 Å². The van der Waals surface area contributed by atoms with Crippen molar-refractivity contribution in [3.63, 3.8) is 0 Å². The van der Waals surface area contributed by atoms with Gasteiger partial charge >= 0.3 is 0 Å². The van der Waals surface area contributed by atoms with E-state index in [9.17, 15) is 0 Å². The number of rotatable bonds is 5. The first-order chi connectivity index (χ1) is 9.66. The summed E-state index contributed by atoms with van der Waals surface area (Å²) in [6, 6.07) is 8.60. The highest BCUT2D eigenvalue weighted by atomic mass is 16.5. The van der Waals surface area contributed by atoms with Gasteiger partial charge in [0.15, 0.2) is 0 Å². The van der Waals surface area contributed by atoms with E-state index in [2.05, 4.69) is 38.1 Å². The second-order valence-corrected chi connectivity index (χ2v) is 6.55. The molecule has 1 saturated carbocycles. The zero-order chi connectivity index (χ0) is 14.4. The van der Waals surface area contributed by atoms with Gasteiger partial charge in [0.05, 0.1) is 6.61 Å². The zero-order valence-electron chi connectivity index (χ0n) is 13.0. The molecule has 0 bridgehead atoms. The molecule has 1 unspecified atom stereocenters. The van der Waals surface area contributed by atoms with Crippen LogP contribution in [-0.2, 0) is 0 Å². The first kappa shape index (κ1) is 15.4. The van der Waals surface area contributed by atoms with Gasteiger partial charge in [0.1, 0.15) is 5.75 Å². The second-order valence-electron chi connectivity index (χ2n) is 6.55. The Bertz CT molecular complexity index is 377. The molecular weight excluding hydrogens is 246 g/mol. The molecule has 0 amide bonds. The van der Waals surface area contributed by atoms with Crippen molar-refractivity contribution in [1.82, 2.24) is 0 Å². The van der Waals surface area contributed by atoms with Crippen molar-refractivity contribution >= 4 is 0 Å². The van der Waals surface area contributed by atoms with E-state index in [-0.39, 0.29) is 6.04 Å². The van der Waals surface area contributed by atoms with Crippen molar-refractivity contribution < 1.29 is 4.74 Å². The Morgan fingerprint density at radius 1 is 1.05 bits per heavy atom. The highest BCUT2D eigenvalue weighted by molar-refractivity contribution is 5.29. The molecule has 1 aliphatic carbocycles. The van der Waals surface area contributed by atoms with E-state index in [0.29, 0.717) is 11.8 Å². The first-order valence-electron chi connectivity index (χ1n) is 8.15. The number of benzene rings is 1. The molecule has 2 nitrogen and oxygen atoms in total. The zero-order valence-corrected chi connectivity index (χ0v) is 13.0. The third-order valence-electron chi connectivity index (χ3n) is 4.26. The highest BCUT2D eigenvalue weighted by Gasteiger charge is 2.20. The average molecular weight is 275 g/mol. The van der Waals surface area contributed by atoms with Crippen LogP contribution >= 0.6 is 0 Å². The SMILES string of the molecule is CC(C)COc1ccc(C(N)C2CCCCCC2)cc1. The highest BCUT2D eigenvalue weighted by Crippen LogP contribution is 2.32. The van der Waals surface area contributed by atoms with Crippen LogP contribution in [0.5, 0.6) is 5.75 Å². The molecule has 0 aromatic heterocycles. The Hall–Kier alpha value is -1.02. The normalized spacial score (nSPS) is 18.8. The fraction of sp³-hybridized carbons (Fsp3) is 0.667. The molecule has 2 heteroatoms. The van der Waals surface area contributed by atoms with Crippen LogP contribution in [0.3, 0.4) is 0 Å². The maximum atomic E-state index is 6.47. The molecular formula is C18H29NO. The molecule has 0 saturated heterocycles. The number of nitrogens with two attached hydrogens (primary N) is 1. The minimum Gasteiger partial charge on any atom is -0.493 e. The predicted octanol–water partition coefficient (Wildman–Crippen LogP) is 4.69. The minimum atomic E-state index is 0.187. The summed E-state index contributed by atoms with van der Waals surface area (Å²) in [5.41, 5.74) is 7.73. The van der Waals surface area contributed by atoms with Crippen molar-refractivity contribution in [2.24, 2.45) is 17.6 Å². The molecule has 1 aromatic carbocycles. The van der Waals surface area contributed by atoms with Gasteiger partial charge in [-0.2, -0.15) is 0 Å². The number of hydrogen-bond acceptors (Lipinski definition) is 2. The average Bonchev–Trinajstić information content (AvgIpc) is 2.74. The number of ether oxygens (including phenoxy) is 1. The van der Waals surface area contributed by atoms with Gasteiger partial charge in [-0.25, -0.2) is 0 Å². The third kappa shape index (κ3) is 4.52. The Morgan fingerprint density at radius 3 is 2.20 bits per heavy atom. The van der Waals surface area contributed by atoms with Crippen LogP contribution in [0.1, 0.15) is 64.0 Å². The summed E-state index contributed by atoms with van der Waals surface area (Å²) in [6.07, 6.45) is 8.01. The molecule has 2 N–H and O–H groups in total. The smallest absolute Gasteiger partial charge is 0.119 e. The maximum Gasteiger partial charge on any atom is 0.119 e. The van der Waals surface area contributed by atoms with Crippen molar-refractivity contribution in [2.45, 2.75) is 58.4 Å². The van der Waals surface area contributed by atoms with Gasteiger partial charge in [0.2, 0.25) is 0 Å². The van der Waals surface area contributed by atoms with Crippen LogP contribution < -0.4 is 10.5 Å². The van der Waals surface area contributed by atoms with Crippen LogP contribution in [0.2, 0.25) is 0 Å². The molecule has 1 atom stereocenters. The monoisotopic (exact) mass is 275 g/mol. The van der Waals surface area contributed by atoms with E-state index in [1.54, 1.807) is 0 Å². The van der Waals surface area contributed by atoms with Gasteiger partial charge in [0, 0.05) is 6.04 Å². The molecule has 1 aromatic rings. The van der Waals surface area contributed by atoms with Gasteiger partial charge in [-0.1, -0.05) is 51.7 Å². The summed E-state index contributed by atoms with van der Waals surface area (Å²) in [4.78, 5) is 0. The van der Waals surface area contributed by atoms with Crippen molar-refractivity contribution in [3.8, 4) is 5.75 Å². The molecule has 0 radical (unpaired) electrons. The van der Waals surface area contributed by atoms with Gasteiger partial charge in [-0.15, -0.1) is 0 Å². The summed E-state index contributed by atoms with van der Waals surface area (Å²) in [7, 11) is 0. The van der Waals surface area contributed by atoms with Crippen molar-refractivity contribution in [3.05, 3.63) is 29.8 Å². The first-order valence-corrected chi connectivity index (χ1v) is 8.15. The van der Waals surface area contributed by atoms with Gasteiger partial charge in [0.25, 0.3) is 0 Å². The topological polar surface area (TPSA) is 35.2 Å². The lowest BCUT2D eigenvalue weighted by Gasteiger charge is -2.23. The molecule has 1 aliphatic rings. The molecule has 0 aliphatic heterocycles. The van der Waals surface area contributed by atoms with Crippen LogP contribution in [0, 0.1) is 11.8 Å². The minimum absolute atomic E-state index is 0.187. The quantitative estimate of drug-likeness (QED) is 0.791. The van der Waals surface area contributed by atoms with Crippen molar-refractivity contribution in [1.29, 1.82) is 0 Å². The van der Waals surface area contributed by atoms with Crippen LogP contribution in [0.15, 0.2) is 24.3 Å². The second kappa shape index (κ2) is 7.68. The lowest BCUT2D eigenvalue weighted by Crippen LogP contribution is -2.21. The van der Waals surface area contributed by atoms with Gasteiger partial charge in [-0.05, 0) is 42.4 Å². The lowest BCUT2D eigenvalue weighted by molar-refractivity contribution is 0.271. The molecule has 0 heterocycles. The third-order valence-corrected chi connectivity index (χ3v) is 4.26. The van der Waals surface area contributed by atoms with Crippen LogP contribution in [0.25, 0.3) is 0 Å². The van der Waals surface area contributed by atoms with E-state index in [1.165, 1.54) is 44.1 Å². The standard InChI is InChI=1S/C18H29NO/c1-14(2)13-20-17-11-9-16(10-12-17)18(19)15-7-5-3-4-6-8-15/h9-12,14-15,18H,3-8,13,19H2,1-2H3. The maximum absolute atomic E-state index is 6.47. The molecule has 0 spiro atoms. The lowest BCUT2D eigenvalue weighted by atomic mass is 9.88. The summed E-state index contributed by atoms with van der Waals surface area (Å²) >= 11 is 0. The van der Waals surface area contributed by atoms with E-state index < -0.39 is 0 Å². The van der Waals surface area contributed by atoms with E-state index in [4.69, 9.17) is 10.5 Å². The van der Waals surface area contributed by atoms with Crippen LogP contribution in [0.4, 0.5) is 0 Å². The fourth-order valence-electron chi connectivity index (χ4n) is 2.99. The Morgan fingerprint density at radius 2 is 1.65 bits per heavy atom. The van der Waals surface area contributed by atoms with Gasteiger partial charge in [-0.3, -0.25) is 0 Å². The summed E-state index contributed by atoms with van der Waals surface area (Å²) in [5, 5.41) is 0. The van der Waals surface area contributed by atoms with E-state index in [1.807, 2.05) is 0 Å². The predicted molar refractivity (Wildman–Crippen MR) is 84.9 cm³/mol. The summed E-state index contributed by atoms with van der Waals surface area (Å²) in [5.74, 6) is 2.17. The molecule has 112 valence electrons.